The summed E-state index contributed by atoms with van der Waals surface area (Å²) in [7, 11) is 0. The van der Waals surface area contributed by atoms with E-state index in [-0.39, 0.29) is 106 Å². The van der Waals surface area contributed by atoms with Gasteiger partial charge in [0.2, 0.25) is 0 Å². The molecule has 27 heavy (non-hydrogen) atoms. The average Bonchev–Trinajstić information content (AvgIpc) is 3.32. The normalized spacial score (nSPS) is 7.11. The van der Waals surface area contributed by atoms with Gasteiger partial charge in [-0.3, -0.25) is 0 Å². The molecular weight excluding hydrogens is 393 g/mol. The van der Waals surface area contributed by atoms with Gasteiger partial charge in [0.1, 0.15) is 11.7 Å². The number of hydrogen-bond donors (Lipinski definition) is 0. The Hall–Kier alpha value is -0.840. The van der Waals surface area contributed by atoms with E-state index in [2.05, 4.69) is 19.5 Å². The van der Waals surface area contributed by atoms with E-state index in [4.69, 9.17) is 9.59 Å². The van der Waals surface area contributed by atoms with Crippen LogP contribution in [0.1, 0.15) is 21.1 Å². The van der Waals surface area contributed by atoms with E-state index < -0.39 is 11.9 Å². The molecule has 0 bridgehead atoms. The fourth-order valence-corrected chi connectivity index (χ4v) is 0.972. The third-order valence-electron chi connectivity index (χ3n) is 1.82. The molecule has 0 atom stereocenters. The van der Waals surface area contributed by atoms with Crippen molar-refractivity contribution in [1.82, 2.24) is 0 Å². The second-order valence-corrected chi connectivity index (χ2v) is 3.35. The Morgan fingerprint density at radius 2 is 1.37 bits per heavy atom. The molecule has 0 aliphatic heterocycles. The van der Waals surface area contributed by atoms with Gasteiger partial charge < -0.3 is 33.1 Å². The van der Waals surface area contributed by atoms with E-state index >= 15 is 0 Å². The van der Waals surface area contributed by atoms with Crippen LogP contribution in [0.3, 0.4) is 0 Å². The van der Waals surface area contributed by atoms with Gasteiger partial charge in [-0.1, -0.05) is 0 Å². The Morgan fingerprint density at radius 1 is 0.852 bits per heavy atom. The van der Waals surface area contributed by atoms with Gasteiger partial charge in [-0.2, -0.15) is 15.7 Å². The summed E-state index contributed by atoms with van der Waals surface area (Å²) in [4.78, 5) is 35.9. The van der Waals surface area contributed by atoms with Crippen LogP contribution in [0.5, 0.6) is 0 Å². The molecule has 12 heteroatoms. The molecule has 0 aliphatic carbocycles. The predicted molar refractivity (Wildman–Crippen MR) is 68.6 cm³/mol. The number of rotatable bonds is 2. The van der Waals surface area contributed by atoms with Gasteiger partial charge in [-0.15, -0.1) is 6.07 Å². The first kappa shape index (κ1) is 33.7. The fourth-order valence-electron chi connectivity index (χ4n) is 0.972. The summed E-state index contributed by atoms with van der Waals surface area (Å²) in [5.41, 5.74) is 0. The fraction of sp³-hybridized carbons (Fsp3) is 0. The minimum Gasteiger partial charge on any atom is -0.590 e. The Morgan fingerprint density at radius 3 is 1.56 bits per heavy atom. The molecule has 3 aromatic rings. The zero-order valence-corrected chi connectivity index (χ0v) is 20.9. The zero-order chi connectivity index (χ0) is 18.2. The molecule has 0 fully saturated rings. The molecule has 9 nitrogen and oxygen atoms in total. The zero-order valence-electron chi connectivity index (χ0n) is 14.9. The topological polar surface area (TPSA) is 154 Å². The van der Waals surface area contributed by atoms with Crippen LogP contribution < -0.4 is 98.9 Å². The van der Waals surface area contributed by atoms with E-state index in [1.165, 1.54) is 30.5 Å². The third kappa shape index (κ3) is 19.7. The molecule has 0 aromatic carbocycles. The molecule has 0 saturated carbocycles. The van der Waals surface area contributed by atoms with Crippen LogP contribution in [0.4, 0.5) is 0 Å². The first-order chi connectivity index (χ1) is 11.5. The molecule has 0 amide bonds. The number of carboxylic acids is 2. The van der Waals surface area contributed by atoms with Crippen LogP contribution >= 0.6 is 0 Å². The number of carboxylic acid groups (broad SMARTS) is 2. The van der Waals surface area contributed by atoms with E-state index in [1.54, 1.807) is 12.5 Å². The standard InChI is InChI=1S/C5H4O3.C5H3O3.C4H4O.CO2.3Na/c2*6-5(7)4-2-1-3-8-4;1-2-4-5-3-1;2-1-3;;;/h1-3H,(H,6,7);1-2H,(H,6,7);1-4H;;;;/q;-1;;;3*+1/p-2. The van der Waals surface area contributed by atoms with Crippen LogP contribution in [0.2, 0.25) is 0 Å². The molecule has 0 aliphatic rings. The molecular formula is C15H9Na3O9. The van der Waals surface area contributed by atoms with Gasteiger partial charge in [0.15, 0.2) is 0 Å². The largest absolute Gasteiger partial charge is 1.00 e. The minimum atomic E-state index is -1.31. The van der Waals surface area contributed by atoms with Gasteiger partial charge in [-0.25, -0.2) is 0 Å². The summed E-state index contributed by atoms with van der Waals surface area (Å²) in [6, 6.07) is 9.13. The van der Waals surface area contributed by atoms with Crippen molar-refractivity contribution in [1.29, 1.82) is 0 Å². The molecule has 0 spiro atoms. The second-order valence-electron chi connectivity index (χ2n) is 3.35. The molecule has 0 unspecified atom stereocenters. The maximum atomic E-state index is 9.86. The van der Waals surface area contributed by atoms with E-state index in [1.807, 2.05) is 12.1 Å². The Bertz CT molecular complexity index is 640. The molecule has 3 rings (SSSR count). The Labute approximate surface area is 220 Å². The van der Waals surface area contributed by atoms with Crippen molar-refractivity contribution in [3.8, 4) is 0 Å². The molecule has 0 N–H and O–H groups in total. The van der Waals surface area contributed by atoms with Crippen molar-refractivity contribution >= 4 is 18.1 Å². The molecule has 126 valence electrons. The smallest absolute Gasteiger partial charge is 0.590 e. The molecule has 0 radical (unpaired) electrons. The summed E-state index contributed by atoms with van der Waals surface area (Å²) in [6.45, 7) is 0. The number of aromatic carboxylic acids is 2. The van der Waals surface area contributed by atoms with Crippen LogP contribution in [0.15, 0.2) is 68.4 Å². The third-order valence-corrected chi connectivity index (χ3v) is 1.82. The van der Waals surface area contributed by atoms with Crippen molar-refractivity contribution < 1.29 is 131 Å². The number of furan rings is 3. The molecule has 3 aromatic heterocycles. The first-order valence-electron chi connectivity index (χ1n) is 5.91. The van der Waals surface area contributed by atoms with Gasteiger partial charge >= 0.3 is 94.8 Å². The molecule has 0 saturated heterocycles. The van der Waals surface area contributed by atoms with Crippen molar-refractivity contribution in [3.05, 3.63) is 73.0 Å². The van der Waals surface area contributed by atoms with Crippen molar-refractivity contribution in [2.45, 2.75) is 0 Å². The van der Waals surface area contributed by atoms with Crippen LogP contribution in [-0.2, 0) is 9.59 Å². The second kappa shape index (κ2) is 23.2. The van der Waals surface area contributed by atoms with Gasteiger partial charge in [0.25, 0.3) is 0 Å². The van der Waals surface area contributed by atoms with E-state index in [0.29, 0.717) is 0 Å². The van der Waals surface area contributed by atoms with Crippen molar-refractivity contribution in [3.63, 3.8) is 0 Å². The summed E-state index contributed by atoms with van der Waals surface area (Å²) in [5.74, 6) is -2.92. The van der Waals surface area contributed by atoms with E-state index in [9.17, 15) is 19.8 Å². The molecule has 3 heterocycles. The number of carbonyl (C=O) groups is 2. The quantitative estimate of drug-likeness (QED) is 0.300. The van der Waals surface area contributed by atoms with Crippen LogP contribution in [-0.4, -0.2) is 18.1 Å². The summed E-state index contributed by atoms with van der Waals surface area (Å²) >= 11 is 0. The maximum absolute atomic E-state index is 9.86. The average molecular weight is 402 g/mol. The van der Waals surface area contributed by atoms with Gasteiger partial charge in [-0.05, 0) is 36.3 Å². The SMILES string of the molecule is O=C([O-])c1cc[c-]o1.O=C([O-])c1ccco1.O=C=O.[Na+].[Na+].[Na+].c1ccoc1. The van der Waals surface area contributed by atoms with E-state index in [0.717, 1.165) is 0 Å². The van der Waals surface area contributed by atoms with Crippen LogP contribution in [0, 0.1) is 6.26 Å². The number of carbonyl (C=O) groups excluding carboxylic acids is 4. The van der Waals surface area contributed by atoms with Crippen molar-refractivity contribution in [2.24, 2.45) is 0 Å². The Balaban J connectivity index is -0.000000133. The Kier molecular flexibility index (Phi) is 29.0. The summed E-state index contributed by atoms with van der Waals surface area (Å²) < 4.78 is 13.3. The predicted octanol–water partition coefficient (Wildman–Crippen LogP) is -9.21. The minimum absolute atomic E-state index is 0. The summed E-state index contributed by atoms with van der Waals surface area (Å²) in [5, 5.41) is 19.7. The monoisotopic (exact) mass is 402 g/mol. The van der Waals surface area contributed by atoms with Gasteiger partial charge in [0, 0.05) is 5.97 Å². The van der Waals surface area contributed by atoms with Crippen LogP contribution in [0.25, 0.3) is 0 Å². The first-order valence-corrected chi connectivity index (χ1v) is 5.91. The van der Waals surface area contributed by atoms with Gasteiger partial charge in [0.05, 0.1) is 18.8 Å². The number of hydrogen-bond acceptors (Lipinski definition) is 9. The summed E-state index contributed by atoms with van der Waals surface area (Å²) in [6.07, 6.45) is 7.00. The van der Waals surface area contributed by atoms with Crippen molar-refractivity contribution in [2.75, 3.05) is 0 Å². The maximum Gasteiger partial charge on any atom is 1.00 e.